The molecule has 0 amide bonds. The number of aliphatic carboxylic acids is 1. The number of nitrogens with zero attached hydrogens (tertiary/aromatic N) is 1. The Morgan fingerprint density at radius 1 is 1.33 bits per heavy atom. The van der Waals surface area contributed by atoms with Crippen molar-refractivity contribution in [2.45, 2.75) is 24.4 Å². The molecule has 4 nitrogen and oxygen atoms in total. The Balaban J connectivity index is 2.11. The first-order valence-corrected chi connectivity index (χ1v) is 5.88. The van der Waals surface area contributed by atoms with E-state index in [9.17, 15) is 15.0 Å². The number of hydrogen-bond acceptors (Lipinski definition) is 3. The standard InChI is InChI=1S/C14H13NO3/c16-11-7-14(8-11,13(17)18)10-3-4-12-9(6-10)2-1-5-15-12/h1-6,11,16H,7-8H2,(H,17,18). The normalized spacial score (nSPS) is 26.8. The molecule has 1 aromatic heterocycles. The lowest BCUT2D eigenvalue weighted by molar-refractivity contribution is -0.152. The molecule has 0 aliphatic heterocycles. The zero-order chi connectivity index (χ0) is 12.8. The first-order chi connectivity index (χ1) is 8.62. The van der Waals surface area contributed by atoms with Crippen LogP contribution in [0.3, 0.4) is 0 Å². The second-order valence-electron chi connectivity index (χ2n) is 4.86. The van der Waals surface area contributed by atoms with Gasteiger partial charge in [0.05, 0.1) is 17.0 Å². The van der Waals surface area contributed by atoms with Crippen molar-refractivity contribution >= 4 is 16.9 Å². The van der Waals surface area contributed by atoms with Crippen LogP contribution in [0.1, 0.15) is 18.4 Å². The number of aromatic nitrogens is 1. The highest BCUT2D eigenvalue weighted by molar-refractivity contribution is 5.86. The minimum atomic E-state index is -0.927. The van der Waals surface area contributed by atoms with Crippen LogP contribution in [-0.4, -0.2) is 27.3 Å². The smallest absolute Gasteiger partial charge is 0.314 e. The summed E-state index contributed by atoms with van der Waals surface area (Å²) in [4.78, 5) is 15.7. The van der Waals surface area contributed by atoms with Crippen LogP contribution in [-0.2, 0) is 10.2 Å². The Bertz CT molecular complexity index is 617. The molecule has 1 aromatic carbocycles. The molecule has 1 aliphatic rings. The van der Waals surface area contributed by atoms with Crippen LogP contribution >= 0.6 is 0 Å². The van der Waals surface area contributed by atoms with Gasteiger partial charge in [-0.3, -0.25) is 9.78 Å². The first-order valence-electron chi connectivity index (χ1n) is 5.88. The van der Waals surface area contributed by atoms with Gasteiger partial charge in [-0.15, -0.1) is 0 Å². The second kappa shape index (κ2) is 3.78. The molecule has 0 spiro atoms. The van der Waals surface area contributed by atoms with Crippen molar-refractivity contribution in [1.29, 1.82) is 0 Å². The van der Waals surface area contributed by atoms with E-state index >= 15 is 0 Å². The van der Waals surface area contributed by atoms with Gasteiger partial charge in [-0.2, -0.15) is 0 Å². The third-order valence-electron chi connectivity index (χ3n) is 3.73. The van der Waals surface area contributed by atoms with Crippen LogP contribution in [0, 0.1) is 0 Å². The maximum absolute atomic E-state index is 11.5. The molecular formula is C14H13NO3. The van der Waals surface area contributed by atoms with E-state index < -0.39 is 17.5 Å². The summed E-state index contributed by atoms with van der Waals surface area (Å²) >= 11 is 0. The van der Waals surface area contributed by atoms with Crippen LogP contribution in [0.25, 0.3) is 10.9 Å². The van der Waals surface area contributed by atoms with Crippen molar-refractivity contribution in [3.05, 3.63) is 42.1 Å². The van der Waals surface area contributed by atoms with Crippen LogP contribution in [0.5, 0.6) is 0 Å². The van der Waals surface area contributed by atoms with Crippen molar-refractivity contribution < 1.29 is 15.0 Å². The van der Waals surface area contributed by atoms with Gasteiger partial charge in [0.15, 0.2) is 0 Å². The van der Waals surface area contributed by atoms with Crippen LogP contribution < -0.4 is 0 Å². The molecule has 0 bridgehead atoms. The van der Waals surface area contributed by atoms with Crippen LogP contribution in [0.15, 0.2) is 36.5 Å². The van der Waals surface area contributed by atoms with E-state index in [4.69, 9.17) is 0 Å². The van der Waals surface area contributed by atoms with Crippen LogP contribution in [0.2, 0.25) is 0 Å². The SMILES string of the molecule is O=C(O)C1(c2ccc3ncccc3c2)CC(O)C1. The molecule has 0 saturated heterocycles. The highest BCUT2D eigenvalue weighted by atomic mass is 16.4. The molecule has 2 aromatic rings. The number of carbonyl (C=O) groups is 1. The van der Waals surface area contributed by atoms with Crippen molar-refractivity contribution in [2.24, 2.45) is 0 Å². The topological polar surface area (TPSA) is 70.4 Å². The molecule has 18 heavy (non-hydrogen) atoms. The molecule has 1 saturated carbocycles. The zero-order valence-corrected chi connectivity index (χ0v) is 9.71. The molecule has 92 valence electrons. The van der Waals surface area contributed by atoms with Gasteiger partial charge in [-0.1, -0.05) is 12.1 Å². The molecule has 2 N–H and O–H groups in total. The fourth-order valence-corrected chi connectivity index (χ4v) is 2.65. The summed E-state index contributed by atoms with van der Waals surface area (Å²) in [7, 11) is 0. The van der Waals surface area contributed by atoms with E-state index in [1.807, 2.05) is 24.3 Å². The lowest BCUT2D eigenvalue weighted by atomic mass is 9.62. The summed E-state index contributed by atoms with van der Waals surface area (Å²) in [6.45, 7) is 0. The van der Waals surface area contributed by atoms with Crippen molar-refractivity contribution in [3.8, 4) is 0 Å². The average Bonchev–Trinajstić information content (AvgIpc) is 2.34. The lowest BCUT2D eigenvalue weighted by Crippen LogP contribution is -2.50. The summed E-state index contributed by atoms with van der Waals surface area (Å²) in [5.41, 5.74) is 0.672. The van der Waals surface area contributed by atoms with Crippen molar-refractivity contribution in [2.75, 3.05) is 0 Å². The number of benzene rings is 1. The molecule has 1 aliphatic carbocycles. The maximum atomic E-state index is 11.5. The van der Waals surface area contributed by atoms with Gasteiger partial charge in [0, 0.05) is 11.6 Å². The van der Waals surface area contributed by atoms with Gasteiger partial charge in [-0.25, -0.2) is 0 Å². The Labute approximate surface area is 104 Å². The number of fused-ring (bicyclic) bond motifs is 1. The second-order valence-corrected chi connectivity index (χ2v) is 4.86. The van der Waals surface area contributed by atoms with Gasteiger partial charge in [0.1, 0.15) is 0 Å². The highest BCUT2D eigenvalue weighted by Crippen LogP contribution is 2.44. The van der Waals surface area contributed by atoms with Crippen molar-refractivity contribution in [3.63, 3.8) is 0 Å². The quantitative estimate of drug-likeness (QED) is 0.842. The zero-order valence-electron chi connectivity index (χ0n) is 9.71. The first kappa shape index (κ1) is 11.2. The number of aliphatic hydroxyl groups is 1. The number of carboxylic acid groups (broad SMARTS) is 1. The van der Waals surface area contributed by atoms with Gasteiger partial charge < -0.3 is 10.2 Å². The van der Waals surface area contributed by atoms with E-state index in [0.717, 1.165) is 16.5 Å². The summed E-state index contributed by atoms with van der Waals surface area (Å²) in [6.07, 6.45) is 1.77. The van der Waals surface area contributed by atoms with Gasteiger partial charge in [0.25, 0.3) is 0 Å². The minimum Gasteiger partial charge on any atom is -0.481 e. The van der Waals surface area contributed by atoms with Gasteiger partial charge in [0.2, 0.25) is 0 Å². The van der Waals surface area contributed by atoms with E-state index in [1.165, 1.54) is 0 Å². The van der Waals surface area contributed by atoms with Crippen LogP contribution in [0.4, 0.5) is 0 Å². The summed E-state index contributed by atoms with van der Waals surface area (Å²) in [5.74, 6) is -0.865. The van der Waals surface area contributed by atoms with Gasteiger partial charge in [-0.05, 0) is 36.6 Å². The molecule has 0 radical (unpaired) electrons. The fraction of sp³-hybridized carbons (Fsp3) is 0.286. The number of rotatable bonds is 2. The van der Waals surface area contributed by atoms with E-state index in [-0.39, 0.29) is 12.8 Å². The van der Waals surface area contributed by atoms with Crippen molar-refractivity contribution in [1.82, 2.24) is 4.98 Å². The Kier molecular flexibility index (Phi) is 2.35. The summed E-state index contributed by atoms with van der Waals surface area (Å²) < 4.78 is 0. The summed E-state index contributed by atoms with van der Waals surface area (Å²) in [6, 6.07) is 9.24. The third kappa shape index (κ3) is 1.49. The Morgan fingerprint density at radius 3 is 2.78 bits per heavy atom. The van der Waals surface area contributed by atoms with Gasteiger partial charge >= 0.3 is 5.97 Å². The Morgan fingerprint density at radius 2 is 2.11 bits per heavy atom. The predicted molar refractivity (Wildman–Crippen MR) is 66.3 cm³/mol. The number of hydrogen-bond donors (Lipinski definition) is 2. The Hall–Kier alpha value is -1.94. The summed E-state index contributed by atoms with van der Waals surface area (Å²) in [5, 5.41) is 19.8. The molecule has 1 fully saturated rings. The van der Waals surface area contributed by atoms with E-state index in [0.29, 0.717) is 0 Å². The van der Waals surface area contributed by atoms with E-state index in [2.05, 4.69) is 4.98 Å². The van der Waals surface area contributed by atoms with E-state index in [1.54, 1.807) is 12.3 Å². The molecule has 0 unspecified atom stereocenters. The lowest BCUT2D eigenvalue weighted by Gasteiger charge is -2.42. The fourth-order valence-electron chi connectivity index (χ4n) is 2.65. The monoisotopic (exact) mass is 243 g/mol. The highest BCUT2D eigenvalue weighted by Gasteiger charge is 2.51. The average molecular weight is 243 g/mol. The minimum absolute atomic E-state index is 0.286. The molecule has 0 atom stereocenters. The molecule has 1 heterocycles. The molecule has 4 heteroatoms. The molecule has 3 rings (SSSR count). The third-order valence-corrected chi connectivity index (χ3v) is 3.73. The molecular weight excluding hydrogens is 230 g/mol. The number of aliphatic hydroxyl groups excluding tert-OH is 1. The largest absolute Gasteiger partial charge is 0.481 e. The number of carboxylic acids is 1. The number of pyridine rings is 1. The maximum Gasteiger partial charge on any atom is 0.314 e. The predicted octanol–water partition coefficient (Wildman–Crippen LogP) is 1.71.